The van der Waals surface area contributed by atoms with E-state index in [4.69, 9.17) is 0 Å². The molecule has 144 valence electrons. The standard InChI is InChI=1S/C20H20N4O3S/c1-13-5-7-17(15(3)10-13)23-9-8-21-20(23)28-12-19(25)22-16-6-4-14(2)11-18(16)24(26)27/h4-11H,12H2,1-3H3,(H,22,25). The SMILES string of the molecule is Cc1ccc(-n2ccnc2SCC(=O)Nc2ccc(C)cc2[N+](=O)[O-])c(C)c1. The Morgan fingerprint density at radius 1 is 1.18 bits per heavy atom. The van der Waals surface area contributed by atoms with E-state index in [0.29, 0.717) is 5.16 Å². The van der Waals surface area contributed by atoms with Crippen LogP contribution in [0.15, 0.2) is 53.9 Å². The summed E-state index contributed by atoms with van der Waals surface area (Å²) < 4.78 is 1.93. The molecule has 0 spiro atoms. The molecule has 1 aromatic heterocycles. The third kappa shape index (κ3) is 4.40. The van der Waals surface area contributed by atoms with Crippen LogP contribution in [0.3, 0.4) is 0 Å². The number of hydrogen-bond acceptors (Lipinski definition) is 5. The smallest absolute Gasteiger partial charge is 0.293 e. The number of anilines is 1. The van der Waals surface area contributed by atoms with Gasteiger partial charge in [0.2, 0.25) is 5.91 Å². The summed E-state index contributed by atoms with van der Waals surface area (Å²) in [6.07, 6.45) is 3.53. The molecule has 8 heteroatoms. The van der Waals surface area contributed by atoms with Crippen molar-refractivity contribution in [1.29, 1.82) is 0 Å². The number of carbonyl (C=O) groups is 1. The largest absolute Gasteiger partial charge is 0.320 e. The molecule has 0 radical (unpaired) electrons. The van der Waals surface area contributed by atoms with Crippen molar-refractivity contribution in [3.63, 3.8) is 0 Å². The number of imidazole rings is 1. The molecule has 0 unspecified atom stereocenters. The summed E-state index contributed by atoms with van der Waals surface area (Å²) in [6.45, 7) is 5.83. The molecule has 0 aliphatic carbocycles. The van der Waals surface area contributed by atoms with Crippen molar-refractivity contribution in [2.75, 3.05) is 11.1 Å². The minimum Gasteiger partial charge on any atom is -0.320 e. The van der Waals surface area contributed by atoms with Crippen LogP contribution in [-0.2, 0) is 4.79 Å². The predicted molar refractivity (Wildman–Crippen MR) is 110 cm³/mol. The first-order valence-electron chi connectivity index (χ1n) is 8.64. The van der Waals surface area contributed by atoms with E-state index in [1.165, 1.54) is 23.4 Å². The Morgan fingerprint density at radius 2 is 1.89 bits per heavy atom. The molecule has 0 fully saturated rings. The van der Waals surface area contributed by atoms with E-state index < -0.39 is 4.92 Å². The molecule has 0 aliphatic heterocycles. The summed E-state index contributed by atoms with van der Waals surface area (Å²) in [6, 6.07) is 10.9. The summed E-state index contributed by atoms with van der Waals surface area (Å²) >= 11 is 1.28. The Kier molecular flexibility index (Phi) is 5.79. The Morgan fingerprint density at radius 3 is 2.61 bits per heavy atom. The lowest BCUT2D eigenvalue weighted by Crippen LogP contribution is -2.15. The van der Waals surface area contributed by atoms with E-state index in [1.807, 2.05) is 36.7 Å². The van der Waals surface area contributed by atoms with Crippen LogP contribution in [0, 0.1) is 30.9 Å². The highest BCUT2D eigenvalue weighted by Gasteiger charge is 2.17. The minimum absolute atomic E-state index is 0.0902. The van der Waals surface area contributed by atoms with Crippen LogP contribution >= 0.6 is 11.8 Å². The van der Waals surface area contributed by atoms with Gasteiger partial charge in [0.05, 0.1) is 16.4 Å². The molecule has 3 aromatic rings. The van der Waals surface area contributed by atoms with Crippen molar-refractivity contribution in [3.8, 4) is 5.69 Å². The molecule has 7 nitrogen and oxygen atoms in total. The molecule has 0 saturated carbocycles. The Balaban J connectivity index is 1.72. The number of nitro benzene ring substituents is 1. The number of nitrogens with zero attached hydrogens (tertiary/aromatic N) is 3. The maximum atomic E-state index is 12.3. The number of aromatic nitrogens is 2. The van der Waals surface area contributed by atoms with Gasteiger partial charge < -0.3 is 5.32 Å². The summed E-state index contributed by atoms with van der Waals surface area (Å²) in [5.41, 5.74) is 4.12. The molecule has 0 aliphatic rings. The molecule has 1 heterocycles. The molecule has 0 atom stereocenters. The quantitative estimate of drug-likeness (QED) is 0.378. The van der Waals surface area contributed by atoms with Crippen molar-refractivity contribution < 1.29 is 9.72 Å². The zero-order chi connectivity index (χ0) is 20.3. The summed E-state index contributed by atoms with van der Waals surface area (Å²) in [4.78, 5) is 27.4. The van der Waals surface area contributed by atoms with Gasteiger partial charge in [0.25, 0.3) is 5.69 Å². The van der Waals surface area contributed by atoms with Crippen molar-refractivity contribution in [1.82, 2.24) is 9.55 Å². The zero-order valence-corrected chi connectivity index (χ0v) is 16.6. The number of aryl methyl sites for hydroxylation is 3. The molecule has 28 heavy (non-hydrogen) atoms. The average Bonchev–Trinajstić information content (AvgIpc) is 3.09. The normalized spacial score (nSPS) is 10.7. The van der Waals surface area contributed by atoms with E-state index in [0.717, 1.165) is 16.8 Å². The molecule has 1 N–H and O–H groups in total. The second kappa shape index (κ2) is 8.26. The van der Waals surface area contributed by atoms with E-state index in [2.05, 4.69) is 16.4 Å². The topological polar surface area (TPSA) is 90.1 Å². The van der Waals surface area contributed by atoms with Crippen LogP contribution in [0.5, 0.6) is 0 Å². The van der Waals surface area contributed by atoms with Crippen LogP contribution in [0.1, 0.15) is 16.7 Å². The van der Waals surface area contributed by atoms with E-state index in [-0.39, 0.29) is 23.0 Å². The second-order valence-electron chi connectivity index (χ2n) is 6.48. The maximum Gasteiger partial charge on any atom is 0.293 e. The van der Waals surface area contributed by atoms with Crippen molar-refractivity contribution >= 4 is 29.0 Å². The highest BCUT2D eigenvalue weighted by molar-refractivity contribution is 7.99. The number of nitro groups is 1. The lowest BCUT2D eigenvalue weighted by atomic mass is 10.1. The van der Waals surface area contributed by atoms with Gasteiger partial charge in [0, 0.05) is 18.5 Å². The summed E-state index contributed by atoms with van der Waals surface area (Å²) in [5, 5.41) is 14.5. The lowest BCUT2D eigenvalue weighted by Gasteiger charge is -2.11. The average molecular weight is 396 g/mol. The third-order valence-electron chi connectivity index (χ3n) is 4.18. The number of carbonyl (C=O) groups excluding carboxylic acids is 1. The van der Waals surface area contributed by atoms with Gasteiger partial charge in [-0.15, -0.1) is 0 Å². The molecular formula is C20H20N4O3S. The zero-order valence-electron chi connectivity index (χ0n) is 15.8. The molecule has 3 rings (SSSR count). The van der Waals surface area contributed by atoms with Gasteiger partial charge in [-0.1, -0.05) is 35.5 Å². The Bertz CT molecular complexity index is 1050. The van der Waals surface area contributed by atoms with Gasteiger partial charge >= 0.3 is 0 Å². The fourth-order valence-electron chi connectivity index (χ4n) is 2.87. The van der Waals surface area contributed by atoms with Gasteiger partial charge in [-0.05, 0) is 44.0 Å². The van der Waals surface area contributed by atoms with Crippen molar-refractivity contribution in [3.05, 3.63) is 75.6 Å². The first-order chi connectivity index (χ1) is 13.3. The third-order valence-corrected chi connectivity index (χ3v) is 5.14. The van der Waals surface area contributed by atoms with E-state index in [1.54, 1.807) is 25.3 Å². The molecule has 2 aromatic carbocycles. The van der Waals surface area contributed by atoms with Crippen LogP contribution < -0.4 is 5.32 Å². The minimum atomic E-state index is -0.497. The van der Waals surface area contributed by atoms with Crippen LogP contribution in [0.2, 0.25) is 0 Å². The summed E-state index contributed by atoms with van der Waals surface area (Å²) in [5.74, 6) is -0.236. The maximum absolute atomic E-state index is 12.3. The molecule has 0 saturated heterocycles. The van der Waals surface area contributed by atoms with Crippen LogP contribution in [0.4, 0.5) is 11.4 Å². The monoisotopic (exact) mass is 396 g/mol. The molecular weight excluding hydrogens is 376 g/mol. The fraction of sp³-hybridized carbons (Fsp3) is 0.200. The van der Waals surface area contributed by atoms with Gasteiger partial charge in [0.1, 0.15) is 5.69 Å². The molecule has 1 amide bonds. The van der Waals surface area contributed by atoms with Gasteiger partial charge in [-0.25, -0.2) is 4.98 Å². The Labute approximate surface area is 166 Å². The predicted octanol–water partition coefficient (Wildman–Crippen LogP) is 4.44. The fourth-order valence-corrected chi connectivity index (χ4v) is 3.64. The van der Waals surface area contributed by atoms with E-state index in [9.17, 15) is 14.9 Å². The van der Waals surface area contributed by atoms with Gasteiger partial charge in [-0.2, -0.15) is 0 Å². The molecule has 0 bridgehead atoms. The van der Waals surface area contributed by atoms with E-state index >= 15 is 0 Å². The highest BCUT2D eigenvalue weighted by atomic mass is 32.2. The second-order valence-corrected chi connectivity index (χ2v) is 7.43. The first-order valence-corrected chi connectivity index (χ1v) is 9.62. The van der Waals surface area contributed by atoms with Gasteiger partial charge in [0.15, 0.2) is 5.16 Å². The number of hydrogen-bond donors (Lipinski definition) is 1. The number of thioether (sulfide) groups is 1. The summed E-state index contributed by atoms with van der Waals surface area (Å²) in [7, 11) is 0. The van der Waals surface area contributed by atoms with Crippen LogP contribution in [0.25, 0.3) is 5.69 Å². The lowest BCUT2D eigenvalue weighted by molar-refractivity contribution is -0.384. The highest BCUT2D eigenvalue weighted by Crippen LogP contribution is 2.27. The number of nitrogens with one attached hydrogen (secondary N) is 1. The van der Waals surface area contributed by atoms with Crippen molar-refractivity contribution in [2.45, 2.75) is 25.9 Å². The number of rotatable bonds is 6. The first kappa shape index (κ1) is 19.6. The number of benzene rings is 2. The van der Waals surface area contributed by atoms with Crippen molar-refractivity contribution in [2.24, 2.45) is 0 Å². The number of amides is 1. The van der Waals surface area contributed by atoms with Gasteiger partial charge in [-0.3, -0.25) is 19.5 Å². The van der Waals surface area contributed by atoms with Crippen LogP contribution in [-0.4, -0.2) is 26.1 Å². The Hall–Kier alpha value is -3.13.